The fourth-order valence-corrected chi connectivity index (χ4v) is 2.10. The average molecular weight is 295 g/mol. The Morgan fingerprint density at radius 1 is 1.19 bits per heavy atom. The molecule has 1 rings (SSSR count). The van der Waals surface area contributed by atoms with Gasteiger partial charge in [0.1, 0.15) is 17.5 Å². The summed E-state index contributed by atoms with van der Waals surface area (Å²) >= 11 is 0. The number of hydrogen-bond donors (Lipinski definition) is 3. The Bertz CT molecular complexity index is 456. The van der Waals surface area contributed by atoms with Crippen LogP contribution in [-0.2, 0) is 5.41 Å². The number of nitrogen functional groups attached to an aromatic ring is 1. The smallest absolute Gasteiger partial charge is 0.148 e. The topological polar surface area (TPSA) is 87.3 Å². The predicted molar refractivity (Wildman–Crippen MR) is 87.5 cm³/mol. The maximum atomic E-state index is 8.83. The number of hydrogen-bond acceptors (Lipinski definition) is 6. The molecule has 0 saturated carbocycles. The first-order chi connectivity index (χ1) is 9.81. The minimum atomic E-state index is -0.133. The van der Waals surface area contributed by atoms with Crippen LogP contribution in [0.1, 0.15) is 51.4 Å². The van der Waals surface area contributed by atoms with Gasteiger partial charge in [-0.3, -0.25) is 0 Å². The average Bonchev–Trinajstić information content (AvgIpc) is 2.42. The zero-order valence-electron chi connectivity index (χ0n) is 13.9. The van der Waals surface area contributed by atoms with Gasteiger partial charge in [0.2, 0.25) is 0 Å². The van der Waals surface area contributed by atoms with E-state index in [2.05, 4.69) is 36.1 Å². The van der Waals surface area contributed by atoms with Gasteiger partial charge in [0.15, 0.2) is 0 Å². The number of nitrogens with zero attached hydrogens (tertiary/aromatic N) is 3. The van der Waals surface area contributed by atoms with Gasteiger partial charge in [-0.15, -0.1) is 0 Å². The van der Waals surface area contributed by atoms with Gasteiger partial charge < -0.3 is 15.4 Å². The normalized spacial score (nSPS) is 11.6. The van der Waals surface area contributed by atoms with Crippen LogP contribution in [0.3, 0.4) is 0 Å². The van der Waals surface area contributed by atoms with Crippen LogP contribution in [-0.4, -0.2) is 35.3 Å². The maximum absolute atomic E-state index is 8.83. The summed E-state index contributed by atoms with van der Waals surface area (Å²) in [7, 11) is 2.03. The van der Waals surface area contributed by atoms with Gasteiger partial charge >= 0.3 is 0 Å². The molecule has 0 bridgehead atoms. The van der Waals surface area contributed by atoms with E-state index in [0.29, 0.717) is 5.82 Å². The van der Waals surface area contributed by atoms with Crippen molar-refractivity contribution in [3.63, 3.8) is 0 Å². The molecular weight excluding hydrogens is 266 g/mol. The summed E-state index contributed by atoms with van der Waals surface area (Å²) in [6.07, 6.45) is 2.88. The molecule has 0 unspecified atom stereocenters. The molecule has 1 aromatic heterocycles. The summed E-state index contributed by atoms with van der Waals surface area (Å²) in [4.78, 5) is 11.4. The van der Waals surface area contributed by atoms with Crippen LogP contribution < -0.4 is 16.2 Å². The number of rotatable bonds is 7. The van der Waals surface area contributed by atoms with Gasteiger partial charge in [0, 0.05) is 31.2 Å². The standard InChI is InChI=1S/C15H29N5O/c1-11-12(19-16)17-14(15(2,3)4)18-13(11)20(5)9-7-6-8-10-21/h21H,6-10,16H2,1-5H3,(H,17,18,19). The molecule has 0 aliphatic rings. The third kappa shape index (κ3) is 4.82. The zero-order valence-corrected chi connectivity index (χ0v) is 13.9. The Kier molecular flexibility index (Phi) is 6.36. The van der Waals surface area contributed by atoms with Crippen LogP contribution in [0.25, 0.3) is 0 Å². The summed E-state index contributed by atoms with van der Waals surface area (Å²) in [6.45, 7) is 9.38. The lowest BCUT2D eigenvalue weighted by Gasteiger charge is -2.25. The number of aliphatic hydroxyl groups is 1. The molecule has 0 radical (unpaired) electrons. The number of hydrazine groups is 1. The highest BCUT2D eigenvalue weighted by Gasteiger charge is 2.22. The minimum absolute atomic E-state index is 0.133. The molecule has 0 aliphatic heterocycles. The third-order valence-corrected chi connectivity index (χ3v) is 3.44. The molecule has 1 heterocycles. The third-order valence-electron chi connectivity index (χ3n) is 3.44. The second kappa shape index (κ2) is 7.56. The Morgan fingerprint density at radius 3 is 2.38 bits per heavy atom. The Labute approximate surface area is 127 Å². The van der Waals surface area contributed by atoms with Gasteiger partial charge in [0.05, 0.1) is 0 Å². The molecule has 6 nitrogen and oxygen atoms in total. The number of unbranched alkanes of at least 4 members (excludes halogenated alkanes) is 2. The number of aliphatic hydroxyl groups excluding tert-OH is 1. The van der Waals surface area contributed by atoms with Crippen molar-refractivity contribution >= 4 is 11.6 Å². The molecule has 0 amide bonds. The highest BCUT2D eigenvalue weighted by molar-refractivity contribution is 5.58. The zero-order chi connectivity index (χ0) is 16.0. The number of aromatic nitrogens is 2. The summed E-state index contributed by atoms with van der Waals surface area (Å²) in [6, 6.07) is 0. The fourth-order valence-electron chi connectivity index (χ4n) is 2.10. The highest BCUT2D eigenvalue weighted by atomic mass is 16.2. The van der Waals surface area contributed by atoms with Crippen LogP contribution >= 0.6 is 0 Å². The first kappa shape index (κ1) is 17.7. The van der Waals surface area contributed by atoms with Crippen molar-refractivity contribution in [2.24, 2.45) is 5.84 Å². The van der Waals surface area contributed by atoms with E-state index in [1.54, 1.807) is 0 Å². The molecule has 0 spiro atoms. The number of anilines is 2. The first-order valence-corrected chi connectivity index (χ1v) is 7.49. The molecule has 0 atom stereocenters. The van der Waals surface area contributed by atoms with E-state index in [4.69, 9.17) is 15.9 Å². The van der Waals surface area contributed by atoms with Crippen LogP contribution in [0.4, 0.5) is 11.6 Å². The quantitative estimate of drug-likeness (QED) is 0.405. The molecule has 21 heavy (non-hydrogen) atoms. The van der Waals surface area contributed by atoms with E-state index >= 15 is 0 Å². The van der Waals surface area contributed by atoms with Crippen molar-refractivity contribution in [1.82, 2.24) is 9.97 Å². The Balaban J connectivity index is 2.98. The van der Waals surface area contributed by atoms with Crippen LogP contribution in [0, 0.1) is 6.92 Å². The van der Waals surface area contributed by atoms with Gasteiger partial charge in [-0.1, -0.05) is 20.8 Å². The monoisotopic (exact) mass is 295 g/mol. The van der Waals surface area contributed by atoms with Gasteiger partial charge in [-0.05, 0) is 26.2 Å². The predicted octanol–water partition coefficient (Wildman–Crippen LogP) is 1.97. The molecule has 0 aromatic carbocycles. The van der Waals surface area contributed by atoms with Gasteiger partial charge in [-0.2, -0.15) is 0 Å². The molecular formula is C15H29N5O. The van der Waals surface area contributed by atoms with Crippen molar-refractivity contribution in [2.75, 3.05) is 30.5 Å². The summed E-state index contributed by atoms with van der Waals surface area (Å²) in [5.41, 5.74) is 3.49. The molecule has 0 aliphatic carbocycles. The second-order valence-electron chi connectivity index (χ2n) is 6.44. The Hall–Kier alpha value is -1.40. The van der Waals surface area contributed by atoms with Crippen molar-refractivity contribution in [1.29, 1.82) is 0 Å². The van der Waals surface area contributed by atoms with Crippen molar-refractivity contribution < 1.29 is 5.11 Å². The van der Waals surface area contributed by atoms with Crippen molar-refractivity contribution in [3.05, 3.63) is 11.4 Å². The van der Waals surface area contributed by atoms with Crippen LogP contribution in [0.5, 0.6) is 0 Å². The van der Waals surface area contributed by atoms with Crippen LogP contribution in [0.15, 0.2) is 0 Å². The molecule has 6 heteroatoms. The van der Waals surface area contributed by atoms with E-state index < -0.39 is 0 Å². The molecule has 0 saturated heterocycles. The van der Waals surface area contributed by atoms with E-state index in [1.807, 2.05) is 14.0 Å². The van der Waals surface area contributed by atoms with Crippen molar-refractivity contribution in [2.45, 2.75) is 52.4 Å². The second-order valence-corrected chi connectivity index (χ2v) is 6.44. The molecule has 120 valence electrons. The van der Waals surface area contributed by atoms with E-state index in [9.17, 15) is 0 Å². The van der Waals surface area contributed by atoms with Gasteiger partial charge in [0.25, 0.3) is 0 Å². The maximum Gasteiger partial charge on any atom is 0.148 e. The number of nitrogens with one attached hydrogen (secondary N) is 1. The molecule has 1 aromatic rings. The van der Waals surface area contributed by atoms with Gasteiger partial charge in [-0.25, -0.2) is 15.8 Å². The molecule has 0 fully saturated rings. The lowest BCUT2D eigenvalue weighted by atomic mass is 9.95. The first-order valence-electron chi connectivity index (χ1n) is 7.49. The lowest BCUT2D eigenvalue weighted by Crippen LogP contribution is -2.26. The van der Waals surface area contributed by atoms with E-state index in [-0.39, 0.29) is 12.0 Å². The lowest BCUT2D eigenvalue weighted by molar-refractivity contribution is 0.283. The summed E-state index contributed by atoms with van der Waals surface area (Å²) in [5.74, 6) is 7.94. The van der Waals surface area contributed by atoms with Crippen molar-refractivity contribution in [3.8, 4) is 0 Å². The summed E-state index contributed by atoms with van der Waals surface area (Å²) in [5, 5.41) is 8.83. The SMILES string of the molecule is Cc1c(NN)nc(C(C)(C)C)nc1N(C)CCCCCO. The fraction of sp³-hybridized carbons (Fsp3) is 0.733. The highest BCUT2D eigenvalue weighted by Crippen LogP contribution is 2.27. The minimum Gasteiger partial charge on any atom is -0.396 e. The molecule has 4 N–H and O–H groups in total. The summed E-state index contributed by atoms with van der Waals surface area (Å²) < 4.78 is 0. The van der Waals surface area contributed by atoms with E-state index in [0.717, 1.165) is 43.0 Å². The van der Waals surface area contributed by atoms with E-state index in [1.165, 1.54) is 0 Å². The Morgan fingerprint density at radius 2 is 1.86 bits per heavy atom. The largest absolute Gasteiger partial charge is 0.396 e. The number of nitrogens with two attached hydrogens (primary N) is 1. The van der Waals surface area contributed by atoms with Crippen LogP contribution in [0.2, 0.25) is 0 Å².